The summed E-state index contributed by atoms with van der Waals surface area (Å²) in [5.74, 6) is 0.0319. The predicted octanol–water partition coefficient (Wildman–Crippen LogP) is 3.98. The van der Waals surface area contributed by atoms with E-state index in [4.69, 9.17) is 23.8 Å². The first-order valence-corrected chi connectivity index (χ1v) is 11.0. The summed E-state index contributed by atoms with van der Waals surface area (Å²) >= 11 is 11.6. The van der Waals surface area contributed by atoms with Gasteiger partial charge in [0, 0.05) is 37.3 Å². The molecule has 1 saturated heterocycles. The summed E-state index contributed by atoms with van der Waals surface area (Å²) < 4.78 is 0. The second-order valence-electron chi connectivity index (χ2n) is 7.98. The quantitative estimate of drug-likeness (QED) is 0.678. The zero-order valence-electron chi connectivity index (χ0n) is 17.9. The van der Waals surface area contributed by atoms with Crippen LogP contribution in [0.5, 0.6) is 0 Å². The number of piperazine rings is 1. The molecule has 1 heterocycles. The number of nitrogens with zero attached hydrogens (tertiary/aromatic N) is 2. The van der Waals surface area contributed by atoms with Gasteiger partial charge in [0.25, 0.3) is 11.8 Å². The van der Waals surface area contributed by atoms with Gasteiger partial charge in [0.15, 0.2) is 5.11 Å². The van der Waals surface area contributed by atoms with Crippen LogP contribution in [0.2, 0.25) is 5.02 Å². The normalized spacial score (nSPS) is 14.4. The number of nitrogens with one attached hydrogen (secondary N) is 2. The molecule has 31 heavy (non-hydrogen) atoms. The number of halogens is 1. The van der Waals surface area contributed by atoms with Gasteiger partial charge >= 0.3 is 0 Å². The SMILES string of the molecule is CC(C)c1ccc(C(=O)NC(=S)Nc2cc(C(=O)N3CCN(C)CC3)ccc2Cl)cc1. The van der Waals surface area contributed by atoms with E-state index < -0.39 is 0 Å². The topological polar surface area (TPSA) is 64.7 Å². The highest BCUT2D eigenvalue weighted by Crippen LogP contribution is 2.24. The van der Waals surface area contributed by atoms with Gasteiger partial charge in [0.1, 0.15) is 0 Å². The number of carbonyl (C=O) groups excluding carboxylic acids is 2. The van der Waals surface area contributed by atoms with Crippen molar-refractivity contribution in [2.24, 2.45) is 0 Å². The van der Waals surface area contributed by atoms with E-state index in [1.165, 1.54) is 0 Å². The van der Waals surface area contributed by atoms with Crippen LogP contribution in [0.15, 0.2) is 42.5 Å². The maximum absolute atomic E-state index is 12.8. The first kappa shape index (κ1) is 23.2. The van der Waals surface area contributed by atoms with Crippen LogP contribution in [0.4, 0.5) is 5.69 Å². The van der Waals surface area contributed by atoms with Crippen molar-refractivity contribution in [2.45, 2.75) is 19.8 Å². The van der Waals surface area contributed by atoms with Crippen LogP contribution in [-0.2, 0) is 0 Å². The minimum Gasteiger partial charge on any atom is -0.336 e. The molecular weight excluding hydrogens is 432 g/mol. The third-order valence-electron chi connectivity index (χ3n) is 5.32. The zero-order chi connectivity index (χ0) is 22.5. The van der Waals surface area contributed by atoms with Crippen LogP contribution in [0.1, 0.15) is 46.0 Å². The molecule has 0 radical (unpaired) electrons. The number of carbonyl (C=O) groups is 2. The number of anilines is 1. The van der Waals surface area contributed by atoms with Crippen LogP contribution in [0.25, 0.3) is 0 Å². The highest BCUT2D eigenvalue weighted by molar-refractivity contribution is 7.80. The molecule has 2 N–H and O–H groups in total. The van der Waals surface area contributed by atoms with Crippen molar-refractivity contribution in [1.82, 2.24) is 15.1 Å². The van der Waals surface area contributed by atoms with Crippen LogP contribution in [-0.4, -0.2) is 60.0 Å². The summed E-state index contributed by atoms with van der Waals surface area (Å²) in [6.45, 7) is 7.26. The monoisotopic (exact) mass is 458 g/mol. The van der Waals surface area contributed by atoms with Crippen LogP contribution >= 0.6 is 23.8 Å². The van der Waals surface area contributed by atoms with Crippen LogP contribution < -0.4 is 10.6 Å². The largest absolute Gasteiger partial charge is 0.336 e. The van der Waals surface area contributed by atoms with Gasteiger partial charge in [-0.05, 0) is 61.1 Å². The molecule has 0 aliphatic carbocycles. The van der Waals surface area contributed by atoms with Gasteiger partial charge in [0.2, 0.25) is 0 Å². The summed E-state index contributed by atoms with van der Waals surface area (Å²) in [7, 11) is 2.04. The molecule has 2 amide bonds. The van der Waals surface area contributed by atoms with Gasteiger partial charge in [-0.15, -0.1) is 0 Å². The summed E-state index contributed by atoms with van der Waals surface area (Å²) in [6, 6.07) is 12.4. The molecule has 3 rings (SSSR count). The van der Waals surface area contributed by atoms with E-state index in [-0.39, 0.29) is 16.9 Å². The van der Waals surface area contributed by atoms with Crippen molar-refractivity contribution < 1.29 is 9.59 Å². The summed E-state index contributed by atoms with van der Waals surface area (Å²) in [4.78, 5) is 29.3. The van der Waals surface area contributed by atoms with E-state index >= 15 is 0 Å². The van der Waals surface area contributed by atoms with E-state index in [1.807, 2.05) is 24.1 Å². The molecule has 0 spiro atoms. The maximum atomic E-state index is 12.8. The molecule has 2 aromatic rings. The third kappa shape index (κ3) is 6.03. The lowest BCUT2D eigenvalue weighted by Gasteiger charge is -2.32. The summed E-state index contributed by atoms with van der Waals surface area (Å²) in [6.07, 6.45) is 0. The van der Waals surface area contributed by atoms with Gasteiger partial charge < -0.3 is 15.1 Å². The Morgan fingerprint density at radius 2 is 1.61 bits per heavy atom. The number of likely N-dealkylation sites (N-methyl/N-ethyl adjacent to an activating group) is 1. The molecule has 0 bridgehead atoms. The van der Waals surface area contributed by atoms with E-state index in [0.717, 1.165) is 18.7 Å². The van der Waals surface area contributed by atoms with Crippen molar-refractivity contribution in [3.05, 3.63) is 64.2 Å². The molecule has 8 heteroatoms. The first-order valence-electron chi connectivity index (χ1n) is 10.2. The smallest absolute Gasteiger partial charge is 0.257 e. The van der Waals surface area contributed by atoms with Gasteiger partial charge in [-0.25, -0.2) is 0 Å². The van der Waals surface area contributed by atoms with E-state index in [0.29, 0.717) is 40.8 Å². The van der Waals surface area contributed by atoms with Crippen molar-refractivity contribution in [3.63, 3.8) is 0 Å². The lowest BCUT2D eigenvalue weighted by molar-refractivity contribution is 0.0664. The van der Waals surface area contributed by atoms with E-state index in [1.54, 1.807) is 30.3 Å². The van der Waals surface area contributed by atoms with Gasteiger partial charge in [-0.3, -0.25) is 14.9 Å². The average molecular weight is 459 g/mol. The molecule has 6 nitrogen and oxygen atoms in total. The Kier molecular flexibility index (Phi) is 7.64. The standard InChI is InChI=1S/C23H27ClN4O2S/c1-15(2)16-4-6-17(7-5-16)21(29)26-23(31)25-20-14-18(8-9-19(20)24)22(30)28-12-10-27(3)11-13-28/h4-9,14-15H,10-13H2,1-3H3,(H2,25,26,29,31). The van der Waals surface area contributed by atoms with Gasteiger partial charge in [-0.2, -0.15) is 0 Å². The molecule has 2 aromatic carbocycles. The van der Waals surface area contributed by atoms with Crippen LogP contribution in [0.3, 0.4) is 0 Å². The highest BCUT2D eigenvalue weighted by atomic mass is 35.5. The molecule has 1 aliphatic heterocycles. The Hall–Kier alpha value is -2.48. The van der Waals surface area contributed by atoms with E-state index in [2.05, 4.69) is 29.4 Å². The Labute approximate surface area is 193 Å². The maximum Gasteiger partial charge on any atom is 0.257 e. The molecule has 1 fully saturated rings. The second-order valence-corrected chi connectivity index (χ2v) is 8.79. The zero-order valence-corrected chi connectivity index (χ0v) is 19.5. The number of thiocarbonyl (C=S) groups is 1. The van der Waals surface area contributed by atoms with Crippen LogP contribution in [0, 0.1) is 0 Å². The first-order chi connectivity index (χ1) is 14.7. The highest BCUT2D eigenvalue weighted by Gasteiger charge is 2.21. The molecule has 0 aromatic heterocycles. The van der Waals surface area contributed by atoms with Crippen molar-refractivity contribution >= 4 is 46.4 Å². The fraction of sp³-hybridized carbons (Fsp3) is 0.348. The second kappa shape index (κ2) is 10.2. The number of rotatable bonds is 4. The molecule has 0 saturated carbocycles. The predicted molar refractivity (Wildman–Crippen MR) is 129 cm³/mol. The van der Waals surface area contributed by atoms with Crippen molar-refractivity contribution in [3.8, 4) is 0 Å². The number of hydrogen-bond donors (Lipinski definition) is 2. The summed E-state index contributed by atoms with van der Waals surface area (Å²) in [5.41, 5.74) is 2.67. The van der Waals surface area contributed by atoms with Crippen molar-refractivity contribution in [1.29, 1.82) is 0 Å². The minimum atomic E-state index is -0.311. The molecule has 164 valence electrons. The van der Waals surface area contributed by atoms with Crippen molar-refractivity contribution in [2.75, 3.05) is 38.5 Å². The molecular formula is C23H27ClN4O2S. The Morgan fingerprint density at radius 1 is 1.00 bits per heavy atom. The fourth-order valence-corrected chi connectivity index (χ4v) is 3.66. The molecule has 0 atom stereocenters. The summed E-state index contributed by atoms with van der Waals surface area (Å²) in [5, 5.41) is 6.12. The number of hydrogen-bond acceptors (Lipinski definition) is 4. The lowest BCUT2D eigenvalue weighted by atomic mass is 10.0. The van der Waals surface area contributed by atoms with Gasteiger partial charge in [0.05, 0.1) is 10.7 Å². The van der Waals surface area contributed by atoms with E-state index in [9.17, 15) is 9.59 Å². The number of benzene rings is 2. The number of amides is 2. The average Bonchev–Trinajstić information content (AvgIpc) is 2.75. The molecule has 0 unspecified atom stereocenters. The third-order valence-corrected chi connectivity index (χ3v) is 5.85. The van der Waals surface area contributed by atoms with Gasteiger partial charge in [-0.1, -0.05) is 37.6 Å². The molecule has 1 aliphatic rings. The Bertz CT molecular complexity index is 970. The minimum absolute atomic E-state index is 0.0481. The Balaban J connectivity index is 1.64. The fourth-order valence-electron chi connectivity index (χ4n) is 3.29. The lowest BCUT2D eigenvalue weighted by Crippen LogP contribution is -2.47. The Morgan fingerprint density at radius 3 is 2.23 bits per heavy atom.